The van der Waals surface area contributed by atoms with Crippen molar-refractivity contribution in [2.24, 2.45) is 0 Å². The van der Waals surface area contributed by atoms with E-state index in [4.69, 9.17) is 0 Å². The van der Waals surface area contributed by atoms with Crippen molar-refractivity contribution in [3.63, 3.8) is 0 Å². The molecule has 29 heavy (non-hydrogen) atoms. The van der Waals surface area contributed by atoms with E-state index in [0.717, 1.165) is 26.2 Å². The maximum Gasteiger partial charge on any atom is 0.214 e. The minimum absolute atomic E-state index is 0.209. The lowest BCUT2D eigenvalue weighted by molar-refractivity contribution is -0.927. The van der Waals surface area contributed by atoms with Crippen molar-refractivity contribution in [3.05, 3.63) is 71.8 Å². The molecule has 0 spiro atoms. The first-order chi connectivity index (χ1) is 13.9. The number of para-hydroxylation sites is 1. The largest absolute Gasteiger partial charge is 0.360 e. The number of quaternary nitrogens is 1. The standard InChI is InChI=1S/C22H27FN6/c1-22(2,3)29-21(24-25-26-29)20(18-11-7-8-12-19(18)23)28-15-13-27(14-16-28)17-9-5-4-6-10-17/h4-12,20H,13-16H2,1-3H3/p+1/t20-/m0/s1. The fourth-order valence-electron chi connectivity index (χ4n) is 4.08. The van der Waals surface area contributed by atoms with Crippen LogP contribution in [0.15, 0.2) is 54.6 Å². The van der Waals surface area contributed by atoms with Gasteiger partial charge < -0.3 is 9.80 Å². The molecule has 7 heteroatoms. The molecule has 6 nitrogen and oxygen atoms in total. The molecule has 0 amide bonds. The van der Waals surface area contributed by atoms with E-state index in [-0.39, 0.29) is 17.4 Å². The molecule has 1 saturated heterocycles. The number of nitrogens with one attached hydrogen (secondary N) is 1. The highest BCUT2D eigenvalue weighted by atomic mass is 19.1. The van der Waals surface area contributed by atoms with Gasteiger partial charge in [-0.25, -0.2) is 9.07 Å². The summed E-state index contributed by atoms with van der Waals surface area (Å²) in [6.45, 7) is 9.76. The lowest BCUT2D eigenvalue weighted by atomic mass is 10.0. The molecule has 0 aliphatic carbocycles. The molecule has 2 aromatic carbocycles. The Balaban J connectivity index is 1.66. The zero-order valence-corrected chi connectivity index (χ0v) is 17.2. The highest BCUT2D eigenvalue weighted by Gasteiger charge is 2.37. The summed E-state index contributed by atoms with van der Waals surface area (Å²) in [5.41, 5.74) is 1.60. The Morgan fingerprint density at radius 2 is 1.62 bits per heavy atom. The Morgan fingerprint density at radius 3 is 2.28 bits per heavy atom. The van der Waals surface area contributed by atoms with Crippen molar-refractivity contribution in [3.8, 4) is 0 Å². The van der Waals surface area contributed by atoms with Crippen LogP contribution in [0.4, 0.5) is 10.1 Å². The molecule has 4 rings (SSSR count). The van der Waals surface area contributed by atoms with Crippen LogP contribution in [0.1, 0.15) is 38.2 Å². The van der Waals surface area contributed by atoms with Crippen LogP contribution in [0.3, 0.4) is 0 Å². The van der Waals surface area contributed by atoms with Gasteiger partial charge in [-0.3, -0.25) is 0 Å². The van der Waals surface area contributed by atoms with Gasteiger partial charge in [0, 0.05) is 5.69 Å². The predicted molar refractivity (Wildman–Crippen MR) is 110 cm³/mol. The van der Waals surface area contributed by atoms with E-state index < -0.39 is 0 Å². The molecule has 2 heterocycles. The zero-order valence-electron chi connectivity index (χ0n) is 17.2. The Labute approximate surface area is 170 Å². The van der Waals surface area contributed by atoms with Crippen molar-refractivity contribution >= 4 is 5.69 Å². The number of hydrogen-bond acceptors (Lipinski definition) is 4. The lowest BCUT2D eigenvalue weighted by Gasteiger charge is -2.37. The summed E-state index contributed by atoms with van der Waals surface area (Å²) in [5.74, 6) is 0.504. The smallest absolute Gasteiger partial charge is 0.214 e. The van der Waals surface area contributed by atoms with Gasteiger partial charge in [0.05, 0.1) is 37.3 Å². The number of aromatic nitrogens is 4. The van der Waals surface area contributed by atoms with E-state index in [1.165, 1.54) is 16.7 Å². The van der Waals surface area contributed by atoms with Crippen LogP contribution >= 0.6 is 0 Å². The monoisotopic (exact) mass is 395 g/mol. The second-order valence-electron chi connectivity index (χ2n) is 8.56. The maximum absolute atomic E-state index is 14.9. The molecule has 0 bridgehead atoms. The summed E-state index contributed by atoms with van der Waals surface area (Å²) >= 11 is 0. The van der Waals surface area contributed by atoms with Gasteiger partial charge in [-0.15, -0.1) is 5.10 Å². The second-order valence-corrected chi connectivity index (χ2v) is 8.56. The third kappa shape index (κ3) is 4.00. The normalized spacial score (nSPS) is 16.8. The van der Waals surface area contributed by atoms with E-state index in [0.29, 0.717) is 11.4 Å². The van der Waals surface area contributed by atoms with Gasteiger partial charge >= 0.3 is 0 Å². The average molecular weight is 396 g/mol. The molecule has 1 atom stereocenters. The number of piperazine rings is 1. The molecule has 0 saturated carbocycles. The molecule has 0 unspecified atom stereocenters. The van der Waals surface area contributed by atoms with E-state index in [9.17, 15) is 4.39 Å². The molecule has 0 radical (unpaired) electrons. The first kappa shape index (κ1) is 19.5. The van der Waals surface area contributed by atoms with Crippen LogP contribution in [0.25, 0.3) is 0 Å². The number of rotatable bonds is 4. The Bertz CT molecular complexity index is 941. The van der Waals surface area contributed by atoms with E-state index in [1.54, 1.807) is 6.07 Å². The van der Waals surface area contributed by atoms with Crippen LogP contribution in [0, 0.1) is 5.82 Å². The van der Waals surface area contributed by atoms with Crippen molar-refractivity contribution in [1.82, 2.24) is 20.2 Å². The molecule has 3 aromatic rings. The van der Waals surface area contributed by atoms with E-state index >= 15 is 0 Å². The van der Waals surface area contributed by atoms with Gasteiger partial charge in [-0.05, 0) is 55.5 Å². The van der Waals surface area contributed by atoms with Gasteiger partial charge in [0.15, 0.2) is 6.04 Å². The fourth-order valence-corrected chi connectivity index (χ4v) is 4.08. The quantitative estimate of drug-likeness (QED) is 0.735. The first-order valence-corrected chi connectivity index (χ1v) is 10.1. The lowest BCUT2D eigenvalue weighted by Crippen LogP contribution is -3.15. The van der Waals surface area contributed by atoms with Gasteiger partial charge in [0.25, 0.3) is 0 Å². The van der Waals surface area contributed by atoms with Crippen LogP contribution < -0.4 is 9.80 Å². The van der Waals surface area contributed by atoms with Crippen molar-refractivity contribution in [2.75, 3.05) is 31.1 Å². The summed E-state index contributed by atoms with van der Waals surface area (Å²) in [6, 6.07) is 17.2. The molecular formula is C22H28FN6+. The van der Waals surface area contributed by atoms with Crippen molar-refractivity contribution in [1.29, 1.82) is 0 Å². The highest BCUT2D eigenvalue weighted by Crippen LogP contribution is 2.24. The van der Waals surface area contributed by atoms with Crippen molar-refractivity contribution in [2.45, 2.75) is 32.4 Å². The number of halogens is 1. The summed E-state index contributed by atoms with van der Waals surface area (Å²) < 4.78 is 16.7. The number of benzene rings is 2. The Hall–Kier alpha value is -2.80. The minimum atomic E-state index is -0.284. The topological polar surface area (TPSA) is 51.3 Å². The second kappa shape index (κ2) is 7.91. The van der Waals surface area contributed by atoms with Crippen LogP contribution in [-0.4, -0.2) is 46.4 Å². The molecule has 1 fully saturated rings. The fraction of sp³-hybridized carbons (Fsp3) is 0.409. The number of nitrogens with zero attached hydrogens (tertiary/aromatic N) is 5. The number of anilines is 1. The molecule has 1 aliphatic rings. The van der Waals surface area contributed by atoms with Crippen LogP contribution in [0.5, 0.6) is 0 Å². The van der Waals surface area contributed by atoms with Crippen LogP contribution in [-0.2, 0) is 5.54 Å². The highest BCUT2D eigenvalue weighted by molar-refractivity contribution is 5.46. The molecule has 1 aromatic heterocycles. The summed E-state index contributed by atoms with van der Waals surface area (Å²) in [6.07, 6.45) is 0. The minimum Gasteiger partial charge on any atom is -0.360 e. The number of tetrazole rings is 1. The van der Waals surface area contributed by atoms with E-state index in [1.807, 2.05) is 22.9 Å². The van der Waals surface area contributed by atoms with Crippen LogP contribution in [0.2, 0.25) is 0 Å². The Kier molecular flexibility index (Phi) is 5.32. The molecule has 152 valence electrons. The summed E-state index contributed by atoms with van der Waals surface area (Å²) in [4.78, 5) is 3.66. The van der Waals surface area contributed by atoms with Gasteiger partial charge in [0.2, 0.25) is 5.82 Å². The predicted octanol–water partition coefficient (Wildman–Crippen LogP) is 2.06. The SMILES string of the molecule is CC(C)(C)n1nnnc1[C@H](c1ccccc1F)[NH+]1CCN(c2ccccc2)CC1. The molecule has 1 N–H and O–H groups in total. The molecular weight excluding hydrogens is 367 g/mol. The van der Waals surface area contributed by atoms with Gasteiger partial charge in [0.1, 0.15) is 5.82 Å². The first-order valence-electron chi connectivity index (χ1n) is 10.1. The van der Waals surface area contributed by atoms with Gasteiger partial charge in [-0.2, -0.15) is 0 Å². The third-order valence-electron chi connectivity index (χ3n) is 5.54. The van der Waals surface area contributed by atoms with Crippen molar-refractivity contribution < 1.29 is 9.29 Å². The third-order valence-corrected chi connectivity index (χ3v) is 5.54. The maximum atomic E-state index is 14.9. The average Bonchev–Trinajstić information content (AvgIpc) is 3.21. The zero-order chi connectivity index (χ0) is 20.4. The molecule has 1 aliphatic heterocycles. The Morgan fingerprint density at radius 1 is 0.966 bits per heavy atom. The summed E-state index contributed by atoms with van der Waals surface area (Å²) in [5, 5.41) is 12.5. The summed E-state index contributed by atoms with van der Waals surface area (Å²) in [7, 11) is 0. The number of hydrogen-bond donors (Lipinski definition) is 1. The van der Waals surface area contributed by atoms with E-state index in [2.05, 4.69) is 65.5 Å². The van der Waals surface area contributed by atoms with Gasteiger partial charge in [-0.1, -0.05) is 30.3 Å².